The maximum Gasteiger partial charge on any atom is 0.252 e. The summed E-state index contributed by atoms with van der Waals surface area (Å²) in [5.74, 6) is -1.22. The summed E-state index contributed by atoms with van der Waals surface area (Å²) in [6.07, 6.45) is 0.519. The molecule has 0 unspecified atom stereocenters. The van der Waals surface area contributed by atoms with Crippen LogP contribution in [0.4, 0.5) is 8.78 Å². The molecule has 2 heterocycles. The van der Waals surface area contributed by atoms with Gasteiger partial charge in [0, 0.05) is 65.2 Å². The van der Waals surface area contributed by atoms with Crippen molar-refractivity contribution in [3.63, 3.8) is 0 Å². The molecule has 0 saturated heterocycles. The molecule has 2 aliphatic heterocycles. The molecule has 0 atom stereocenters. The van der Waals surface area contributed by atoms with Gasteiger partial charge in [0.15, 0.2) is 23.0 Å². The van der Waals surface area contributed by atoms with Crippen LogP contribution in [0.1, 0.15) is 98.8 Å². The molecule has 0 spiro atoms. The highest BCUT2D eigenvalue weighted by atomic mass is 19.1. The number of nitrogens with one attached hydrogen (secondary N) is 4. The van der Waals surface area contributed by atoms with Gasteiger partial charge in [0.2, 0.25) is 23.3 Å². The predicted octanol–water partition coefficient (Wildman–Crippen LogP) is 6.99. The average molecular weight is 1100 g/mol. The lowest BCUT2D eigenvalue weighted by atomic mass is 9.98. The van der Waals surface area contributed by atoms with Gasteiger partial charge >= 0.3 is 0 Å². The number of carbonyl (C=O) groups excluding carboxylic acids is 6. The van der Waals surface area contributed by atoms with E-state index in [2.05, 4.69) is 21.3 Å². The molecule has 18 nitrogen and oxygen atoms in total. The van der Waals surface area contributed by atoms with Crippen LogP contribution < -0.4 is 49.7 Å². The number of methoxy groups -OCH3 is 6. The van der Waals surface area contributed by atoms with Crippen LogP contribution >= 0.6 is 0 Å². The second-order valence-corrected chi connectivity index (χ2v) is 19.0. The second-order valence-electron chi connectivity index (χ2n) is 19.0. The smallest absolute Gasteiger partial charge is 0.252 e. The number of ether oxygens (including phenoxy) is 6. The minimum Gasteiger partial charge on any atom is -0.493 e. The predicted molar refractivity (Wildman–Crippen MR) is 290 cm³/mol. The molecular formula is C60H62F2N6O12. The maximum atomic E-state index is 14.1. The molecule has 4 N–H and O–H groups in total. The first-order chi connectivity index (χ1) is 38.6. The Balaban J connectivity index is 0.944. The topological polar surface area (TPSA) is 212 Å². The van der Waals surface area contributed by atoms with E-state index < -0.39 is 23.6 Å². The van der Waals surface area contributed by atoms with Crippen molar-refractivity contribution >= 4 is 35.4 Å². The van der Waals surface area contributed by atoms with Gasteiger partial charge in [-0.2, -0.15) is 0 Å². The minimum absolute atomic E-state index is 0.0318. The van der Waals surface area contributed by atoms with Crippen molar-refractivity contribution < 1.29 is 66.0 Å². The van der Waals surface area contributed by atoms with E-state index in [1.807, 2.05) is 0 Å². The molecular weight excluding hydrogens is 1030 g/mol. The van der Waals surface area contributed by atoms with E-state index in [4.69, 9.17) is 28.4 Å². The number of nitrogens with zero attached hydrogens (tertiary/aromatic N) is 2. The first-order valence-electron chi connectivity index (χ1n) is 25.7. The van der Waals surface area contributed by atoms with E-state index in [0.29, 0.717) is 80.7 Å². The van der Waals surface area contributed by atoms with Crippen molar-refractivity contribution in [3.8, 4) is 34.5 Å². The SMILES string of the molecule is COc1cc(CNC(=O)c2cc3c(cc2C(=O)NCCc2ccc(F)cc2)CN(C(=O)CCC(=O)N2Cc4cc(C(=O)NCCc5ccc(F)cc5)c(C(=O)NCc5cc(OC)c(OC)c(OC)c5)cc4C2)C3)cc(OC)c1OC. The third-order valence-electron chi connectivity index (χ3n) is 13.9. The van der Waals surface area contributed by atoms with Gasteiger partial charge in [0.1, 0.15) is 11.6 Å². The number of hydrogen-bond donors (Lipinski definition) is 4. The zero-order valence-corrected chi connectivity index (χ0v) is 45.3. The van der Waals surface area contributed by atoms with E-state index >= 15 is 0 Å². The molecule has 418 valence electrons. The molecule has 6 aromatic carbocycles. The highest BCUT2D eigenvalue weighted by Crippen LogP contribution is 2.40. The second kappa shape index (κ2) is 26.0. The summed E-state index contributed by atoms with van der Waals surface area (Å²) in [6, 6.07) is 25.1. The van der Waals surface area contributed by atoms with Crippen molar-refractivity contribution in [2.45, 2.75) is 65.0 Å². The number of benzene rings is 6. The fourth-order valence-corrected chi connectivity index (χ4v) is 9.70. The van der Waals surface area contributed by atoms with Gasteiger partial charge in [0.05, 0.1) is 64.9 Å². The Kier molecular flexibility index (Phi) is 18.5. The van der Waals surface area contributed by atoms with Crippen LogP contribution in [0.15, 0.2) is 97.1 Å². The number of hydrogen-bond acceptors (Lipinski definition) is 12. The lowest BCUT2D eigenvalue weighted by molar-refractivity contribution is -0.137. The first kappa shape index (κ1) is 57.0. The number of halogens is 2. The zero-order chi connectivity index (χ0) is 57.0. The van der Waals surface area contributed by atoms with Gasteiger partial charge in [-0.15, -0.1) is 0 Å². The maximum absolute atomic E-state index is 14.1. The van der Waals surface area contributed by atoms with E-state index in [1.165, 1.54) is 66.9 Å². The normalized spacial score (nSPS) is 12.2. The number of carbonyl (C=O) groups is 6. The molecule has 0 aliphatic carbocycles. The van der Waals surface area contributed by atoms with Crippen LogP contribution in [0.3, 0.4) is 0 Å². The van der Waals surface area contributed by atoms with Gasteiger partial charge in [0.25, 0.3) is 23.6 Å². The quantitative estimate of drug-likeness (QED) is 0.0512. The van der Waals surface area contributed by atoms with Gasteiger partial charge in [-0.25, -0.2) is 8.78 Å². The molecule has 20 heteroatoms. The molecule has 0 aromatic heterocycles. The minimum atomic E-state index is -0.551. The van der Waals surface area contributed by atoms with Crippen LogP contribution in [0.2, 0.25) is 0 Å². The molecule has 0 radical (unpaired) electrons. The summed E-state index contributed by atoms with van der Waals surface area (Å²) >= 11 is 0. The van der Waals surface area contributed by atoms with Crippen molar-refractivity contribution in [2.75, 3.05) is 55.7 Å². The summed E-state index contributed by atoms with van der Waals surface area (Å²) in [6.45, 7) is 0.944. The highest BCUT2D eigenvalue weighted by Gasteiger charge is 2.32. The molecule has 8 rings (SSSR count). The Hall–Kier alpha value is -9.20. The third-order valence-corrected chi connectivity index (χ3v) is 13.9. The molecule has 6 aromatic rings. The highest BCUT2D eigenvalue weighted by molar-refractivity contribution is 6.08. The van der Waals surface area contributed by atoms with Crippen LogP contribution in [0, 0.1) is 11.6 Å². The number of rotatable bonds is 23. The van der Waals surface area contributed by atoms with Crippen LogP contribution in [0.5, 0.6) is 34.5 Å². The average Bonchev–Trinajstić information content (AvgIpc) is 4.17. The fourth-order valence-electron chi connectivity index (χ4n) is 9.70. The fraction of sp³-hybridized carbons (Fsp3) is 0.300. The third kappa shape index (κ3) is 13.4. The lowest BCUT2D eigenvalue weighted by Crippen LogP contribution is -2.30. The van der Waals surface area contributed by atoms with E-state index in [1.54, 1.807) is 82.6 Å². The molecule has 6 amide bonds. The Bertz CT molecular complexity index is 3050. The summed E-state index contributed by atoms with van der Waals surface area (Å²) in [5, 5.41) is 11.5. The summed E-state index contributed by atoms with van der Waals surface area (Å²) in [4.78, 5) is 86.8. The zero-order valence-electron chi connectivity index (χ0n) is 45.3. The molecule has 2 aliphatic rings. The van der Waals surface area contributed by atoms with Crippen molar-refractivity contribution in [1.29, 1.82) is 0 Å². The lowest BCUT2D eigenvalue weighted by Gasteiger charge is -2.18. The number of amides is 6. The van der Waals surface area contributed by atoms with Crippen molar-refractivity contribution in [2.24, 2.45) is 0 Å². The van der Waals surface area contributed by atoms with Gasteiger partial charge in [-0.3, -0.25) is 28.8 Å². The van der Waals surface area contributed by atoms with Crippen LogP contribution in [-0.2, 0) is 61.7 Å². The summed E-state index contributed by atoms with van der Waals surface area (Å²) < 4.78 is 59.9. The van der Waals surface area contributed by atoms with Gasteiger partial charge in [-0.05, 0) is 130 Å². The Morgan fingerprint density at radius 3 is 0.963 bits per heavy atom. The van der Waals surface area contributed by atoms with E-state index in [0.717, 1.165) is 11.1 Å². The van der Waals surface area contributed by atoms with Crippen LogP contribution in [-0.4, -0.2) is 101 Å². The first-order valence-corrected chi connectivity index (χ1v) is 25.7. The van der Waals surface area contributed by atoms with Gasteiger partial charge in [-0.1, -0.05) is 24.3 Å². The standard InChI is InChI=1S/C60H62F2N6O12/c1-75-49-21-37(22-50(76-2)55(49)79-5)29-65-59(73)47-27-41-33-67(31-39(41)25-45(47)57(71)63-19-17-35-7-11-43(61)12-8-35)53(69)15-16-54(70)68-32-40-26-46(58(72)64-20-18-36-9-13-44(62)14-10-36)48(28-42(40)34-68)60(74)66-30-38-23-51(77-3)56(80-6)52(24-38)78-4/h7-14,21-28H,15-20,29-34H2,1-6H3,(H,63,71)(H,64,72)(H,65,73)(H,66,74). The largest absolute Gasteiger partial charge is 0.493 e. The number of fused-ring (bicyclic) bond motifs is 2. The molecule has 0 saturated carbocycles. The van der Waals surface area contributed by atoms with Crippen molar-refractivity contribution in [1.82, 2.24) is 31.1 Å². The Labute approximate surface area is 461 Å². The Morgan fingerprint density at radius 1 is 0.400 bits per heavy atom. The van der Waals surface area contributed by atoms with Crippen LogP contribution in [0.25, 0.3) is 0 Å². The van der Waals surface area contributed by atoms with Gasteiger partial charge < -0.3 is 59.5 Å². The molecule has 0 fully saturated rings. The summed E-state index contributed by atoms with van der Waals surface area (Å²) in [5.41, 5.74) is 5.82. The molecule has 80 heavy (non-hydrogen) atoms. The summed E-state index contributed by atoms with van der Waals surface area (Å²) in [7, 11) is 8.89. The monoisotopic (exact) mass is 1100 g/mol. The van der Waals surface area contributed by atoms with Crippen molar-refractivity contribution in [3.05, 3.63) is 175 Å². The van der Waals surface area contributed by atoms with E-state index in [9.17, 15) is 37.5 Å². The molecule has 0 bridgehead atoms. The Morgan fingerprint density at radius 2 is 0.688 bits per heavy atom. The van der Waals surface area contributed by atoms with E-state index in [-0.39, 0.29) is 111 Å².